The van der Waals surface area contributed by atoms with E-state index in [1.807, 2.05) is 0 Å². The van der Waals surface area contributed by atoms with Gasteiger partial charge in [0, 0.05) is 22.7 Å². The fraction of sp³-hybridized carbons (Fsp3) is 0.0943. The van der Waals surface area contributed by atoms with Crippen LogP contribution in [0, 0.1) is 0 Å². The molecule has 0 fully saturated rings. The molecule has 0 aromatic heterocycles. The van der Waals surface area contributed by atoms with Crippen molar-refractivity contribution in [2.24, 2.45) is 0 Å². The van der Waals surface area contributed by atoms with Crippen molar-refractivity contribution < 1.29 is 4.74 Å². The zero-order valence-electron chi connectivity index (χ0n) is 31.3. The van der Waals surface area contributed by atoms with Crippen LogP contribution in [0.5, 0.6) is 5.75 Å². The van der Waals surface area contributed by atoms with Crippen molar-refractivity contribution in [3.05, 3.63) is 228 Å². The molecule has 2 nitrogen and oxygen atoms in total. The number of methoxy groups -OCH3 is 1. The maximum absolute atomic E-state index is 6.27. The molecule has 0 saturated heterocycles. The first-order valence-corrected chi connectivity index (χ1v) is 19.1. The van der Waals surface area contributed by atoms with E-state index in [1.54, 1.807) is 7.11 Å². The number of hydrogen-bond donors (Lipinski definition) is 0. The Hall–Kier alpha value is -6.64. The second kappa shape index (κ2) is 12.7. The van der Waals surface area contributed by atoms with Gasteiger partial charge in [-0.2, -0.15) is 0 Å². The number of para-hydroxylation sites is 1. The van der Waals surface area contributed by atoms with Gasteiger partial charge < -0.3 is 9.64 Å². The van der Waals surface area contributed by atoms with Crippen molar-refractivity contribution in [3.8, 4) is 39.1 Å². The highest BCUT2D eigenvalue weighted by Crippen LogP contribution is 2.58. The molecule has 0 atom stereocenters. The van der Waals surface area contributed by atoms with Gasteiger partial charge in [0.05, 0.1) is 23.9 Å². The molecule has 0 bridgehead atoms. The van der Waals surface area contributed by atoms with Gasteiger partial charge in [-0.15, -0.1) is 0 Å². The Morgan fingerprint density at radius 3 is 1.58 bits per heavy atom. The molecule has 0 amide bonds. The number of nitrogens with zero attached hydrogens (tertiary/aromatic N) is 1. The average Bonchev–Trinajstić information content (AvgIpc) is 3.67. The van der Waals surface area contributed by atoms with Crippen molar-refractivity contribution >= 4 is 17.1 Å². The molecule has 10 rings (SSSR count). The summed E-state index contributed by atoms with van der Waals surface area (Å²) in [6.07, 6.45) is 0. The van der Waals surface area contributed by atoms with Gasteiger partial charge in [0.1, 0.15) is 5.75 Å². The Bertz CT molecular complexity index is 2680. The van der Waals surface area contributed by atoms with Gasteiger partial charge in [0.15, 0.2) is 0 Å². The first-order valence-electron chi connectivity index (χ1n) is 19.1. The minimum atomic E-state index is -0.579. The van der Waals surface area contributed by atoms with Gasteiger partial charge in [0.25, 0.3) is 0 Å². The van der Waals surface area contributed by atoms with Crippen LogP contribution < -0.4 is 9.64 Å². The summed E-state index contributed by atoms with van der Waals surface area (Å²) in [6, 6.07) is 71.1. The van der Waals surface area contributed by atoms with Crippen molar-refractivity contribution in [2.45, 2.75) is 24.7 Å². The second-order valence-electron chi connectivity index (χ2n) is 15.2. The van der Waals surface area contributed by atoms with Crippen LogP contribution in [0.1, 0.15) is 47.2 Å². The molecular formula is C53H41NO. The predicted octanol–water partition coefficient (Wildman–Crippen LogP) is 13.5. The molecule has 0 spiro atoms. The number of hydrogen-bond acceptors (Lipinski definition) is 2. The lowest BCUT2D eigenvalue weighted by atomic mass is 9.67. The summed E-state index contributed by atoms with van der Waals surface area (Å²) in [7, 11) is 1.78. The Kier molecular flexibility index (Phi) is 7.64. The summed E-state index contributed by atoms with van der Waals surface area (Å²) < 4.78 is 6.27. The van der Waals surface area contributed by atoms with Crippen LogP contribution in [0.25, 0.3) is 33.4 Å². The Balaban J connectivity index is 1.28. The summed E-state index contributed by atoms with van der Waals surface area (Å²) in [5.74, 6) is 0.806. The Morgan fingerprint density at radius 1 is 0.400 bits per heavy atom. The van der Waals surface area contributed by atoms with E-state index in [2.05, 4.69) is 213 Å². The van der Waals surface area contributed by atoms with Crippen LogP contribution in [0.3, 0.4) is 0 Å². The molecule has 8 aromatic rings. The van der Waals surface area contributed by atoms with Gasteiger partial charge in [-0.05, 0) is 91.5 Å². The largest absolute Gasteiger partial charge is 0.497 e. The molecule has 0 radical (unpaired) electrons. The fourth-order valence-corrected chi connectivity index (χ4v) is 9.55. The van der Waals surface area contributed by atoms with Gasteiger partial charge in [-0.25, -0.2) is 0 Å². The summed E-state index contributed by atoms with van der Waals surface area (Å²) >= 11 is 0. The van der Waals surface area contributed by atoms with Crippen molar-refractivity contribution in [3.63, 3.8) is 0 Å². The maximum Gasteiger partial charge on any atom is 0.121 e. The standard InChI is InChI=1S/C53H41NO/c1-52(2)47-26-14-10-23-43(47)46-31-30-39(35-50(46)52)54(51-29-17-13-22-42(51)36-18-6-4-7-19-36)40-32-38(33-41(34-40)55-3)53(37-20-8-5-9-21-37)48-27-15-11-24-44(48)45-25-12-16-28-49(45)53/h4-35H,1-3H3. The van der Waals surface area contributed by atoms with Crippen LogP contribution in [0.15, 0.2) is 194 Å². The lowest BCUT2D eigenvalue weighted by Gasteiger charge is -2.36. The van der Waals surface area contributed by atoms with E-state index in [9.17, 15) is 0 Å². The zero-order valence-corrected chi connectivity index (χ0v) is 31.3. The molecular weight excluding hydrogens is 667 g/mol. The first kappa shape index (κ1) is 33.0. The van der Waals surface area contributed by atoms with Gasteiger partial charge >= 0.3 is 0 Å². The maximum atomic E-state index is 6.27. The van der Waals surface area contributed by atoms with E-state index >= 15 is 0 Å². The van der Waals surface area contributed by atoms with E-state index in [-0.39, 0.29) is 5.41 Å². The highest BCUT2D eigenvalue weighted by molar-refractivity contribution is 5.92. The van der Waals surface area contributed by atoms with Gasteiger partial charge in [-0.1, -0.05) is 172 Å². The molecule has 2 aliphatic carbocycles. The number of benzene rings is 8. The second-order valence-corrected chi connectivity index (χ2v) is 15.2. The topological polar surface area (TPSA) is 12.5 Å². The van der Waals surface area contributed by atoms with Crippen molar-refractivity contribution in [1.82, 2.24) is 0 Å². The third-order valence-electron chi connectivity index (χ3n) is 12.0. The summed E-state index contributed by atoms with van der Waals surface area (Å²) in [5.41, 5.74) is 17.6. The minimum Gasteiger partial charge on any atom is -0.497 e. The molecule has 8 aromatic carbocycles. The molecule has 2 aliphatic rings. The third kappa shape index (κ3) is 4.95. The molecule has 0 saturated carbocycles. The smallest absolute Gasteiger partial charge is 0.121 e. The van der Waals surface area contributed by atoms with Crippen LogP contribution in [0.4, 0.5) is 17.1 Å². The lowest BCUT2D eigenvalue weighted by Crippen LogP contribution is -2.29. The molecule has 0 unspecified atom stereocenters. The number of fused-ring (bicyclic) bond motifs is 6. The van der Waals surface area contributed by atoms with Gasteiger partial charge in [-0.3, -0.25) is 0 Å². The molecule has 0 heterocycles. The van der Waals surface area contributed by atoms with E-state index in [0.717, 1.165) is 33.9 Å². The average molecular weight is 708 g/mol. The molecule has 2 heteroatoms. The van der Waals surface area contributed by atoms with Crippen LogP contribution in [-0.4, -0.2) is 7.11 Å². The Morgan fingerprint density at radius 2 is 0.927 bits per heavy atom. The van der Waals surface area contributed by atoms with Crippen LogP contribution in [0.2, 0.25) is 0 Å². The third-order valence-corrected chi connectivity index (χ3v) is 12.0. The highest BCUT2D eigenvalue weighted by atomic mass is 16.5. The fourth-order valence-electron chi connectivity index (χ4n) is 9.55. The minimum absolute atomic E-state index is 0.152. The van der Waals surface area contributed by atoms with E-state index < -0.39 is 5.41 Å². The van der Waals surface area contributed by atoms with Gasteiger partial charge in [0.2, 0.25) is 0 Å². The molecule has 0 aliphatic heterocycles. The Labute approximate surface area is 324 Å². The monoisotopic (exact) mass is 707 g/mol. The number of rotatable bonds is 7. The van der Waals surface area contributed by atoms with E-state index in [1.165, 1.54) is 55.6 Å². The zero-order chi connectivity index (χ0) is 37.1. The van der Waals surface area contributed by atoms with Crippen molar-refractivity contribution in [2.75, 3.05) is 12.0 Å². The lowest BCUT2D eigenvalue weighted by molar-refractivity contribution is 0.414. The summed E-state index contributed by atoms with van der Waals surface area (Å²) in [6.45, 7) is 4.71. The summed E-state index contributed by atoms with van der Waals surface area (Å²) in [5, 5.41) is 0. The molecule has 264 valence electrons. The predicted molar refractivity (Wildman–Crippen MR) is 228 cm³/mol. The highest BCUT2D eigenvalue weighted by Gasteiger charge is 2.46. The van der Waals surface area contributed by atoms with Crippen LogP contribution in [-0.2, 0) is 10.8 Å². The summed E-state index contributed by atoms with van der Waals surface area (Å²) in [4.78, 5) is 2.44. The SMILES string of the molecule is COc1cc(N(c2ccc3c(c2)C(C)(C)c2ccccc2-3)c2ccccc2-c2ccccc2)cc(C2(c3ccccc3)c3ccccc3-c3ccccc32)c1. The van der Waals surface area contributed by atoms with E-state index in [4.69, 9.17) is 4.74 Å². The molecule has 0 N–H and O–H groups in total. The molecule has 55 heavy (non-hydrogen) atoms. The normalized spacial score (nSPS) is 14.0. The van der Waals surface area contributed by atoms with Crippen LogP contribution >= 0.6 is 0 Å². The number of anilines is 3. The quantitative estimate of drug-likeness (QED) is 0.163. The van der Waals surface area contributed by atoms with E-state index in [0.29, 0.717) is 0 Å². The first-order chi connectivity index (χ1) is 27.0. The van der Waals surface area contributed by atoms with Crippen molar-refractivity contribution in [1.29, 1.82) is 0 Å². The number of ether oxygens (including phenoxy) is 1.